The van der Waals surface area contributed by atoms with Gasteiger partial charge in [-0.3, -0.25) is 4.79 Å². The van der Waals surface area contributed by atoms with Crippen LogP contribution in [0, 0.1) is 6.92 Å². The van der Waals surface area contributed by atoms with Gasteiger partial charge in [-0.25, -0.2) is 9.98 Å². The minimum Gasteiger partial charge on any atom is -0.357 e. The molecule has 8 heteroatoms. The lowest BCUT2D eigenvalue weighted by molar-refractivity contribution is 0.0951. The number of amides is 1. The van der Waals surface area contributed by atoms with Gasteiger partial charge in [0.25, 0.3) is 5.91 Å². The maximum atomic E-state index is 12.3. The van der Waals surface area contributed by atoms with Gasteiger partial charge in [0.2, 0.25) is 0 Å². The molecule has 0 unspecified atom stereocenters. The smallest absolute Gasteiger partial charge is 0.251 e. The molecule has 0 saturated carbocycles. The second-order valence-electron chi connectivity index (χ2n) is 6.67. The zero-order valence-corrected chi connectivity index (χ0v) is 17.9. The van der Waals surface area contributed by atoms with Crippen molar-refractivity contribution in [2.45, 2.75) is 26.9 Å². The van der Waals surface area contributed by atoms with Crippen LogP contribution in [0.5, 0.6) is 0 Å². The van der Waals surface area contributed by atoms with Crippen LogP contribution in [-0.2, 0) is 13.1 Å². The van der Waals surface area contributed by atoms with Crippen LogP contribution in [0.1, 0.15) is 32.7 Å². The third-order valence-electron chi connectivity index (χ3n) is 3.87. The first kappa shape index (κ1) is 21.8. The first-order valence-corrected chi connectivity index (χ1v) is 10.2. The van der Waals surface area contributed by atoms with Crippen LogP contribution in [0.15, 0.2) is 35.5 Å². The fourth-order valence-electron chi connectivity index (χ4n) is 2.46. The van der Waals surface area contributed by atoms with E-state index in [1.807, 2.05) is 63.3 Å². The van der Waals surface area contributed by atoms with Crippen molar-refractivity contribution in [2.75, 3.05) is 33.7 Å². The number of carbonyl (C=O) groups is 1. The van der Waals surface area contributed by atoms with E-state index in [1.165, 1.54) is 4.88 Å². The summed E-state index contributed by atoms with van der Waals surface area (Å²) in [5.74, 6) is 0.674. The number of aryl methyl sites for hydroxylation is 1. The van der Waals surface area contributed by atoms with Crippen molar-refractivity contribution < 1.29 is 4.79 Å². The van der Waals surface area contributed by atoms with Crippen LogP contribution < -0.4 is 16.0 Å². The van der Waals surface area contributed by atoms with Crippen LogP contribution in [0.3, 0.4) is 0 Å². The first-order valence-electron chi connectivity index (χ1n) is 9.43. The second kappa shape index (κ2) is 11.4. The minimum atomic E-state index is -0.0585. The number of rotatable bonds is 9. The average molecular weight is 403 g/mol. The van der Waals surface area contributed by atoms with E-state index < -0.39 is 0 Å². The van der Waals surface area contributed by atoms with Crippen LogP contribution in [0.2, 0.25) is 0 Å². The lowest BCUT2D eigenvalue weighted by Gasteiger charge is -2.11. The van der Waals surface area contributed by atoms with Gasteiger partial charge in [0.1, 0.15) is 5.01 Å². The van der Waals surface area contributed by atoms with Crippen LogP contribution in [0.4, 0.5) is 0 Å². The summed E-state index contributed by atoms with van der Waals surface area (Å²) < 4.78 is 0. The Balaban J connectivity index is 1.94. The van der Waals surface area contributed by atoms with Gasteiger partial charge >= 0.3 is 0 Å². The summed E-state index contributed by atoms with van der Waals surface area (Å²) in [6.45, 7) is 7.42. The summed E-state index contributed by atoms with van der Waals surface area (Å²) in [4.78, 5) is 24.5. The minimum absolute atomic E-state index is 0.0585. The molecule has 0 radical (unpaired) electrons. The molecule has 0 aliphatic rings. The van der Waals surface area contributed by atoms with Crippen molar-refractivity contribution in [2.24, 2.45) is 4.99 Å². The molecule has 0 aliphatic heterocycles. The Hall–Kier alpha value is -2.45. The molecule has 1 heterocycles. The lowest BCUT2D eigenvalue weighted by atomic mass is 10.1. The summed E-state index contributed by atoms with van der Waals surface area (Å²) in [5.41, 5.74) is 1.64. The second-order valence-corrected chi connectivity index (χ2v) is 7.99. The Bertz CT molecular complexity index is 787. The molecular formula is C20H30N6OS. The standard InChI is InChI=1S/C20H30N6OS/c1-5-21-20(25-14-18-23-12-15(2)28-18)24-13-16-7-6-8-17(11-16)19(27)22-9-10-26(3)4/h6-8,11-12H,5,9-10,13-14H2,1-4H3,(H,22,27)(H2,21,24,25). The number of hydrogen-bond acceptors (Lipinski definition) is 5. The number of likely N-dealkylation sites (N-methyl/N-ethyl adjacent to an activating group) is 1. The molecule has 0 atom stereocenters. The molecule has 0 aliphatic carbocycles. The van der Waals surface area contributed by atoms with Gasteiger partial charge in [-0.2, -0.15) is 0 Å². The predicted molar refractivity (Wildman–Crippen MR) is 116 cm³/mol. The van der Waals surface area contributed by atoms with Crippen molar-refractivity contribution in [3.8, 4) is 0 Å². The Kier molecular flexibility index (Phi) is 8.90. The Labute approximate surface area is 171 Å². The number of benzene rings is 1. The molecule has 152 valence electrons. The highest BCUT2D eigenvalue weighted by Crippen LogP contribution is 2.10. The zero-order valence-electron chi connectivity index (χ0n) is 17.1. The summed E-state index contributed by atoms with van der Waals surface area (Å²) in [6, 6.07) is 7.59. The number of nitrogens with zero attached hydrogens (tertiary/aromatic N) is 3. The van der Waals surface area contributed by atoms with Gasteiger partial charge in [0.05, 0.1) is 13.1 Å². The lowest BCUT2D eigenvalue weighted by Crippen LogP contribution is -2.36. The monoisotopic (exact) mass is 402 g/mol. The first-order chi connectivity index (χ1) is 13.5. The van der Waals surface area contributed by atoms with Gasteiger partial charge in [-0.1, -0.05) is 12.1 Å². The van der Waals surface area contributed by atoms with Crippen LogP contribution in [-0.4, -0.2) is 55.5 Å². The number of guanidine groups is 1. The number of thiazole rings is 1. The molecule has 1 aromatic heterocycles. The van der Waals surface area contributed by atoms with E-state index in [0.29, 0.717) is 25.2 Å². The van der Waals surface area contributed by atoms with E-state index in [9.17, 15) is 4.79 Å². The molecule has 7 nitrogen and oxygen atoms in total. The molecule has 2 rings (SSSR count). The van der Waals surface area contributed by atoms with Crippen molar-refractivity contribution in [1.29, 1.82) is 0 Å². The van der Waals surface area contributed by atoms with Gasteiger partial charge in [-0.05, 0) is 45.6 Å². The molecule has 1 amide bonds. The van der Waals surface area contributed by atoms with Crippen molar-refractivity contribution in [1.82, 2.24) is 25.8 Å². The maximum Gasteiger partial charge on any atom is 0.251 e. The number of carbonyl (C=O) groups excluding carboxylic acids is 1. The normalized spacial score (nSPS) is 11.5. The predicted octanol–water partition coefficient (Wildman–Crippen LogP) is 2.00. The summed E-state index contributed by atoms with van der Waals surface area (Å²) in [5, 5.41) is 10.5. The van der Waals surface area contributed by atoms with E-state index in [-0.39, 0.29) is 5.91 Å². The van der Waals surface area contributed by atoms with Gasteiger partial charge in [0.15, 0.2) is 5.96 Å². The van der Waals surface area contributed by atoms with E-state index in [0.717, 1.165) is 29.6 Å². The number of aromatic nitrogens is 1. The van der Waals surface area contributed by atoms with E-state index in [4.69, 9.17) is 0 Å². The molecule has 0 saturated heterocycles. The fourth-order valence-corrected chi connectivity index (χ4v) is 3.19. The molecule has 0 fully saturated rings. The number of aliphatic imine (C=N–C) groups is 1. The van der Waals surface area contributed by atoms with Crippen LogP contribution in [0.25, 0.3) is 0 Å². The van der Waals surface area contributed by atoms with Crippen molar-refractivity contribution in [3.05, 3.63) is 51.5 Å². The third-order valence-corrected chi connectivity index (χ3v) is 4.79. The molecule has 1 aromatic carbocycles. The van der Waals surface area contributed by atoms with Gasteiger partial charge < -0.3 is 20.9 Å². The zero-order chi connectivity index (χ0) is 20.4. The highest BCUT2D eigenvalue weighted by atomic mass is 32.1. The summed E-state index contributed by atoms with van der Waals surface area (Å²) in [6.07, 6.45) is 1.88. The molecular weight excluding hydrogens is 372 g/mol. The molecule has 2 aromatic rings. The molecule has 28 heavy (non-hydrogen) atoms. The quantitative estimate of drug-likeness (QED) is 0.441. The number of nitrogens with one attached hydrogen (secondary N) is 3. The van der Waals surface area contributed by atoms with Gasteiger partial charge in [0, 0.05) is 36.3 Å². The van der Waals surface area contributed by atoms with E-state index in [1.54, 1.807) is 11.3 Å². The highest BCUT2D eigenvalue weighted by Gasteiger charge is 2.06. The maximum absolute atomic E-state index is 12.3. The topological polar surface area (TPSA) is 81.7 Å². The average Bonchev–Trinajstić information content (AvgIpc) is 3.09. The van der Waals surface area contributed by atoms with Gasteiger partial charge in [-0.15, -0.1) is 11.3 Å². The third kappa shape index (κ3) is 7.66. The summed E-state index contributed by atoms with van der Waals surface area (Å²) >= 11 is 1.67. The largest absolute Gasteiger partial charge is 0.357 e. The molecule has 0 spiro atoms. The van der Waals surface area contributed by atoms with Crippen LogP contribution >= 0.6 is 11.3 Å². The number of hydrogen-bond donors (Lipinski definition) is 3. The van der Waals surface area contributed by atoms with Crippen molar-refractivity contribution in [3.63, 3.8) is 0 Å². The van der Waals surface area contributed by atoms with E-state index in [2.05, 4.69) is 25.9 Å². The highest BCUT2D eigenvalue weighted by molar-refractivity contribution is 7.11. The fraction of sp³-hybridized carbons (Fsp3) is 0.450. The SMILES string of the molecule is CCNC(=NCc1cccc(C(=O)NCCN(C)C)c1)NCc1ncc(C)s1. The Morgan fingerprint density at radius 1 is 1.25 bits per heavy atom. The Morgan fingerprint density at radius 3 is 2.75 bits per heavy atom. The summed E-state index contributed by atoms with van der Waals surface area (Å²) in [7, 11) is 3.97. The Morgan fingerprint density at radius 2 is 2.07 bits per heavy atom. The van der Waals surface area contributed by atoms with Crippen molar-refractivity contribution >= 4 is 23.2 Å². The molecule has 0 bridgehead atoms. The molecule has 3 N–H and O–H groups in total. The van der Waals surface area contributed by atoms with E-state index >= 15 is 0 Å².